The number of carbonyl (C=O) groups excluding carboxylic acids is 2. The topological polar surface area (TPSA) is 72.8 Å². The van der Waals surface area contributed by atoms with E-state index in [4.69, 9.17) is 9.47 Å². The van der Waals surface area contributed by atoms with Crippen LogP contribution in [0.3, 0.4) is 0 Å². The zero-order valence-corrected chi connectivity index (χ0v) is 47.9. The molecule has 0 amide bonds. The number of allylic oxidation sites excluding steroid dienone is 18. The smallest absolute Gasteiger partial charge is 0.306 e. The van der Waals surface area contributed by atoms with Gasteiger partial charge in [0.15, 0.2) is 6.10 Å². The van der Waals surface area contributed by atoms with Gasteiger partial charge in [-0.15, -0.1) is 0 Å². The molecule has 0 aromatic carbocycles. The lowest BCUT2D eigenvalue weighted by atomic mass is 10.0. The largest absolute Gasteiger partial charge is 0.462 e. The predicted octanol–water partition coefficient (Wildman–Crippen LogP) is 21.3. The van der Waals surface area contributed by atoms with Gasteiger partial charge >= 0.3 is 11.9 Å². The van der Waals surface area contributed by atoms with Gasteiger partial charge in [0.05, 0.1) is 6.61 Å². The lowest BCUT2D eigenvalue weighted by Crippen LogP contribution is -2.28. The molecule has 1 atom stereocenters. The van der Waals surface area contributed by atoms with Crippen LogP contribution in [0.5, 0.6) is 0 Å². The highest BCUT2D eigenvalue weighted by Crippen LogP contribution is 2.16. The Hall–Kier alpha value is -3.44. The molecule has 0 aliphatic heterocycles. The normalized spacial score (nSPS) is 13.0. The third-order valence-electron chi connectivity index (χ3n) is 13.3. The van der Waals surface area contributed by atoms with E-state index in [0.29, 0.717) is 12.8 Å². The predicted molar refractivity (Wildman–Crippen MR) is 320 cm³/mol. The number of rotatable bonds is 56. The van der Waals surface area contributed by atoms with E-state index in [-0.39, 0.29) is 25.2 Å². The molecular weight excluding hydrogens is 897 g/mol. The van der Waals surface area contributed by atoms with Crippen LogP contribution in [-0.4, -0.2) is 36.4 Å². The number of hydrogen-bond acceptors (Lipinski definition) is 5. The highest BCUT2D eigenvalue weighted by Gasteiger charge is 2.16. The van der Waals surface area contributed by atoms with Gasteiger partial charge in [0.2, 0.25) is 0 Å². The average Bonchev–Trinajstić information content (AvgIpc) is 3.39. The Morgan fingerprint density at radius 1 is 0.329 bits per heavy atom. The SMILES string of the molecule is CC/C=C\C/C=C\C/C=C\C/C=C\C/C=C\C/C=C\C/C=C\CCCCCCCCCCCCCCCCCCCCCC(=O)OC(CO)COC(=O)CCCCCCCCC/C=C\C/C=C\CCCCCC. The molecule has 0 saturated heterocycles. The van der Waals surface area contributed by atoms with Crippen LogP contribution in [-0.2, 0) is 19.1 Å². The van der Waals surface area contributed by atoms with Gasteiger partial charge in [-0.2, -0.15) is 0 Å². The first-order valence-corrected chi connectivity index (χ1v) is 30.9. The standard InChI is InChI=1S/C68H116O5/c1-3-5-7-9-11-13-15-17-19-21-23-24-25-26-27-28-29-30-31-32-33-34-35-36-37-38-39-40-41-42-43-44-45-47-49-51-53-55-57-59-61-63-68(71)73-66(64-69)65-72-67(70)62-60-58-56-54-52-50-48-46-22-20-18-16-14-12-10-8-6-4-2/h5,7,11,13-14,16-17,19-20,22-24,26-27,29-30,32-33,66,69H,3-4,6,8-10,12,15,18,21,25,28,31,34-65H2,1-2H3/b7-5-,13-11-,16-14-,19-17-,22-20-,24-23-,27-26-,30-29-,33-32-. The summed E-state index contributed by atoms with van der Waals surface area (Å²) >= 11 is 0. The maximum atomic E-state index is 12.3. The maximum absolute atomic E-state index is 12.3. The Labute approximate surface area is 452 Å². The van der Waals surface area contributed by atoms with Gasteiger partial charge in [0, 0.05) is 12.8 Å². The van der Waals surface area contributed by atoms with Crippen molar-refractivity contribution in [3.8, 4) is 0 Å². The van der Waals surface area contributed by atoms with E-state index in [0.717, 1.165) is 96.3 Å². The summed E-state index contributed by atoms with van der Waals surface area (Å²) < 4.78 is 10.7. The van der Waals surface area contributed by atoms with E-state index >= 15 is 0 Å². The maximum Gasteiger partial charge on any atom is 0.306 e. The van der Waals surface area contributed by atoms with Gasteiger partial charge in [-0.1, -0.05) is 284 Å². The van der Waals surface area contributed by atoms with Crippen LogP contribution in [0.1, 0.15) is 290 Å². The number of ether oxygens (including phenoxy) is 2. The molecule has 0 fully saturated rings. The van der Waals surface area contributed by atoms with E-state index in [1.807, 2.05) is 0 Å². The minimum atomic E-state index is -0.779. The fraction of sp³-hybridized carbons (Fsp3) is 0.706. The van der Waals surface area contributed by atoms with Gasteiger partial charge in [-0.25, -0.2) is 0 Å². The fourth-order valence-electron chi connectivity index (χ4n) is 8.69. The van der Waals surface area contributed by atoms with Gasteiger partial charge in [-0.05, 0) is 103 Å². The Kier molecular flexibility index (Phi) is 59.9. The van der Waals surface area contributed by atoms with Crippen LogP contribution in [0, 0.1) is 0 Å². The van der Waals surface area contributed by atoms with Crippen molar-refractivity contribution in [2.45, 2.75) is 296 Å². The van der Waals surface area contributed by atoms with Gasteiger partial charge in [-0.3, -0.25) is 9.59 Å². The first kappa shape index (κ1) is 69.6. The van der Waals surface area contributed by atoms with Crippen molar-refractivity contribution in [3.05, 3.63) is 109 Å². The Bertz CT molecular complexity index is 1420. The highest BCUT2D eigenvalue weighted by molar-refractivity contribution is 5.70. The molecule has 5 heteroatoms. The van der Waals surface area contributed by atoms with Crippen LogP contribution in [0.2, 0.25) is 0 Å². The van der Waals surface area contributed by atoms with Crippen LogP contribution in [0.25, 0.3) is 0 Å². The van der Waals surface area contributed by atoms with Crippen LogP contribution in [0.4, 0.5) is 0 Å². The summed E-state index contributed by atoms with van der Waals surface area (Å²) in [6.45, 7) is 4.02. The highest BCUT2D eigenvalue weighted by atomic mass is 16.6. The van der Waals surface area contributed by atoms with Crippen molar-refractivity contribution in [2.75, 3.05) is 13.2 Å². The molecule has 0 aliphatic rings. The van der Waals surface area contributed by atoms with E-state index in [2.05, 4.69) is 123 Å². The van der Waals surface area contributed by atoms with E-state index < -0.39 is 6.10 Å². The molecular formula is C68H116O5. The molecule has 0 bridgehead atoms. The minimum Gasteiger partial charge on any atom is -0.462 e. The zero-order chi connectivity index (χ0) is 52.7. The minimum absolute atomic E-state index is 0.0709. The molecule has 5 nitrogen and oxygen atoms in total. The average molecular weight is 1010 g/mol. The van der Waals surface area contributed by atoms with Crippen LogP contribution in [0.15, 0.2) is 109 Å². The molecule has 0 radical (unpaired) electrons. The van der Waals surface area contributed by atoms with Crippen molar-refractivity contribution < 1.29 is 24.2 Å². The van der Waals surface area contributed by atoms with Crippen molar-refractivity contribution in [2.24, 2.45) is 0 Å². The summed E-state index contributed by atoms with van der Waals surface area (Å²) in [6, 6.07) is 0. The summed E-state index contributed by atoms with van der Waals surface area (Å²) in [5, 5.41) is 9.66. The van der Waals surface area contributed by atoms with E-state index in [1.165, 1.54) is 167 Å². The number of carbonyl (C=O) groups is 2. The second-order valence-corrected chi connectivity index (χ2v) is 20.4. The number of hydrogen-bond donors (Lipinski definition) is 1. The first-order valence-electron chi connectivity index (χ1n) is 30.9. The van der Waals surface area contributed by atoms with Crippen molar-refractivity contribution in [1.82, 2.24) is 0 Å². The molecule has 0 aromatic rings. The monoisotopic (exact) mass is 1010 g/mol. The molecule has 1 unspecified atom stereocenters. The molecule has 0 aromatic heterocycles. The number of aliphatic hydroxyl groups excluding tert-OH is 1. The fourth-order valence-corrected chi connectivity index (χ4v) is 8.69. The summed E-state index contributed by atoms with van der Waals surface area (Å²) in [5.74, 6) is -0.593. The Morgan fingerprint density at radius 3 is 0.890 bits per heavy atom. The molecule has 418 valence electrons. The molecule has 0 saturated carbocycles. The molecule has 0 heterocycles. The quantitative estimate of drug-likeness (QED) is 0.0373. The van der Waals surface area contributed by atoms with Crippen molar-refractivity contribution >= 4 is 11.9 Å². The van der Waals surface area contributed by atoms with Crippen LogP contribution < -0.4 is 0 Å². The van der Waals surface area contributed by atoms with Crippen molar-refractivity contribution in [1.29, 1.82) is 0 Å². The Morgan fingerprint density at radius 2 is 0.589 bits per heavy atom. The first-order chi connectivity index (χ1) is 36.1. The molecule has 0 rings (SSSR count). The second-order valence-electron chi connectivity index (χ2n) is 20.4. The third kappa shape index (κ3) is 61.0. The molecule has 0 aliphatic carbocycles. The third-order valence-corrected chi connectivity index (χ3v) is 13.3. The summed E-state index contributed by atoms with van der Waals surface area (Å²) in [4.78, 5) is 24.5. The number of esters is 2. The van der Waals surface area contributed by atoms with E-state index in [1.54, 1.807) is 0 Å². The zero-order valence-electron chi connectivity index (χ0n) is 47.9. The number of aliphatic hydroxyl groups is 1. The van der Waals surface area contributed by atoms with Gasteiger partial charge < -0.3 is 14.6 Å². The van der Waals surface area contributed by atoms with E-state index in [9.17, 15) is 14.7 Å². The summed E-state index contributed by atoms with van der Waals surface area (Å²) in [7, 11) is 0. The summed E-state index contributed by atoms with van der Waals surface area (Å²) in [5.41, 5.74) is 0. The van der Waals surface area contributed by atoms with Crippen LogP contribution >= 0.6 is 0 Å². The molecule has 73 heavy (non-hydrogen) atoms. The second kappa shape index (κ2) is 62.9. The lowest BCUT2D eigenvalue weighted by Gasteiger charge is -2.15. The van der Waals surface area contributed by atoms with Crippen molar-refractivity contribution in [3.63, 3.8) is 0 Å². The molecule has 0 spiro atoms. The summed E-state index contributed by atoms with van der Waals surface area (Å²) in [6.07, 6.45) is 90.8. The van der Waals surface area contributed by atoms with Gasteiger partial charge in [0.25, 0.3) is 0 Å². The number of unbranched alkanes of at least 4 members (excludes halogenated alkanes) is 30. The lowest BCUT2D eigenvalue weighted by molar-refractivity contribution is -0.161. The molecule has 1 N–H and O–H groups in total. The Balaban J connectivity index is 3.47. The van der Waals surface area contributed by atoms with Gasteiger partial charge in [0.1, 0.15) is 6.61 Å².